The van der Waals surface area contributed by atoms with Crippen molar-refractivity contribution in [2.24, 2.45) is 5.73 Å². The molecule has 0 bridgehead atoms. The SMILES string of the molecule is CC(C)[B]CN. The molecule has 0 aliphatic carbocycles. The summed E-state index contributed by atoms with van der Waals surface area (Å²) in [5, 5.41) is 0. The number of hydrogen-bond donors (Lipinski definition) is 1. The first kappa shape index (κ1) is 6.02. The van der Waals surface area contributed by atoms with Crippen molar-refractivity contribution in [3.8, 4) is 0 Å². The first-order chi connectivity index (χ1) is 2.77. The van der Waals surface area contributed by atoms with Gasteiger partial charge in [-0.3, -0.25) is 0 Å². The van der Waals surface area contributed by atoms with Crippen LogP contribution in [0, 0.1) is 0 Å². The molecule has 0 unspecified atom stereocenters. The quantitative estimate of drug-likeness (QED) is 0.482. The zero-order valence-electron chi connectivity index (χ0n) is 4.44. The largest absolute Gasteiger partial charge is 0.338 e. The van der Waals surface area contributed by atoms with Gasteiger partial charge in [0.15, 0.2) is 0 Å². The Bertz CT molecular complexity index is 28.7. The van der Waals surface area contributed by atoms with Crippen molar-refractivity contribution in [3.63, 3.8) is 0 Å². The fourth-order valence-corrected chi connectivity index (χ4v) is 0.272. The first-order valence-electron chi connectivity index (χ1n) is 2.30. The summed E-state index contributed by atoms with van der Waals surface area (Å²) in [5.41, 5.74) is 5.17. The van der Waals surface area contributed by atoms with Crippen LogP contribution in [-0.4, -0.2) is 13.7 Å². The van der Waals surface area contributed by atoms with E-state index in [4.69, 9.17) is 5.73 Å². The molecule has 0 aromatic carbocycles. The van der Waals surface area contributed by atoms with Crippen LogP contribution in [0.3, 0.4) is 0 Å². The minimum absolute atomic E-state index is 0.648. The van der Waals surface area contributed by atoms with Crippen LogP contribution in [-0.2, 0) is 0 Å². The zero-order valence-corrected chi connectivity index (χ0v) is 4.44. The smallest absolute Gasteiger partial charge is 0.131 e. The van der Waals surface area contributed by atoms with E-state index in [1.165, 1.54) is 0 Å². The van der Waals surface area contributed by atoms with Gasteiger partial charge in [-0.15, -0.1) is 0 Å². The van der Waals surface area contributed by atoms with Gasteiger partial charge in [0.2, 0.25) is 0 Å². The molecule has 1 nitrogen and oxygen atoms in total. The molecule has 35 valence electrons. The molecule has 2 heteroatoms. The number of nitrogens with two attached hydrogens (primary N) is 1. The van der Waals surface area contributed by atoms with Gasteiger partial charge < -0.3 is 5.73 Å². The highest BCUT2D eigenvalue weighted by Gasteiger charge is 1.89. The Hall–Kier alpha value is 0.0249. The van der Waals surface area contributed by atoms with Gasteiger partial charge in [0, 0.05) is 0 Å². The third-order valence-corrected chi connectivity index (χ3v) is 0.607. The molecule has 0 saturated heterocycles. The van der Waals surface area contributed by atoms with Crippen LogP contribution in [0.1, 0.15) is 13.8 Å². The van der Waals surface area contributed by atoms with Gasteiger partial charge >= 0.3 is 0 Å². The second-order valence-electron chi connectivity index (χ2n) is 1.72. The van der Waals surface area contributed by atoms with E-state index in [-0.39, 0.29) is 0 Å². The minimum atomic E-state index is 0.648. The molecule has 0 saturated carbocycles. The summed E-state index contributed by atoms with van der Waals surface area (Å²) in [7, 11) is 2.07. The fraction of sp³-hybridized carbons (Fsp3) is 1.00. The highest BCUT2D eigenvalue weighted by molar-refractivity contribution is 6.37. The predicted molar refractivity (Wildman–Crippen MR) is 29.9 cm³/mol. The maximum absolute atomic E-state index is 5.17. The maximum atomic E-state index is 5.17. The van der Waals surface area contributed by atoms with Crippen molar-refractivity contribution in [2.45, 2.75) is 19.7 Å². The lowest BCUT2D eigenvalue weighted by molar-refractivity contribution is 1.04. The van der Waals surface area contributed by atoms with Gasteiger partial charge in [-0.05, 0) is 6.44 Å². The molecule has 0 aromatic rings. The highest BCUT2D eigenvalue weighted by atomic mass is 14.5. The van der Waals surface area contributed by atoms with Gasteiger partial charge in [-0.2, -0.15) is 0 Å². The lowest BCUT2D eigenvalue weighted by atomic mass is 9.67. The molecular weight excluding hydrogens is 72.9 g/mol. The second-order valence-corrected chi connectivity index (χ2v) is 1.72. The lowest BCUT2D eigenvalue weighted by Crippen LogP contribution is -2.10. The average molecular weight is 84.0 g/mol. The Balaban J connectivity index is 2.63. The van der Waals surface area contributed by atoms with Gasteiger partial charge in [0.05, 0.1) is 0 Å². The van der Waals surface area contributed by atoms with Crippen LogP contribution >= 0.6 is 0 Å². The van der Waals surface area contributed by atoms with E-state index >= 15 is 0 Å². The molecule has 2 N–H and O–H groups in total. The van der Waals surface area contributed by atoms with Crippen molar-refractivity contribution >= 4 is 7.28 Å². The minimum Gasteiger partial charge on any atom is -0.338 e. The van der Waals surface area contributed by atoms with Crippen molar-refractivity contribution in [1.29, 1.82) is 0 Å². The lowest BCUT2D eigenvalue weighted by Gasteiger charge is -1.93. The monoisotopic (exact) mass is 84.1 g/mol. The average Bonchev–Trinajstić information content (AvgIpc) is 1.35. The summed E-state index contributed by atoms with van der Waals surface area (Å²) >= 11 is 0. The van der Waals surface area contributed by atoms with Gasteiger partial charge in [0.25, 0.3) is 0 Å². The molecule has 1 radical (unpaired) electrons. The standard InChI is InChI=1S/C4H11BN/c1-4(2)5-3-6/h4H,3,6H2,1-2H3. The Labute approximate surface area is 40.2 Å². The van der Waals surface area contributed by atoms with E-state index in [9.17, 15) is 0 Å². The zero-order chi connectivity index (χ0) is 4.99. The number of rotatable bonds is 2. The molecule has 0 amide bonds. The van der Waals surface area contributed by atoms with Crippen LogP contribution < -0.4 is 5.73 Å². The third kappa shape index (κ3) is 4.02. The highest BCUT2D eigenvalue weighted by Crippen LogP contribution is 1.92. The van der Waals surface area contributed by atoms with Crippen molar-refractivity contribution in [1.82, 2.24) is 0 Å². The van der Waals surface area contributed by atoms with E-state index in [1.807, 2.05) is 0 Å². The van der Waals surface area contributed by atoms with Crippen molar-refractivity contribution in [2.75, 3.05) is 6.44 Å². The third-order valence-electron chi connectivity index (χ3n) is 0.607. The van der Waals surface area contributed by atoms with Crippen molar-refractivity contribution in [3.05, 3.63) is 0 Å². The Morgan fingerprint density at radius 2 is 2.17 bits per heavy atom. The molecule has 0 aliphatic rings. The molecule has 0 heterocycles. The molecular formula is C4H11BN. The summed E-state index contributed by atoms with van der Waals surface area (Å²) in [6.45, 7) is 4.24. The molecule has 0 aliphatic heterocycles. The van der Waals surface area contributed by atoms with E-state index in [1.54, 1.807) is 0 Å². The molecule has 0 spiro atoms. The Morgan fingerprint density at radius 3 is 2.17 bits per heavy atom. The van der Waals surface area contributed by atoms with E-state index in [0.29, 0.717) is 12.3 Å². The molecule has 0 atom stereocenters. The summed E-state index contributed by atoms with van der Waals surface area (Å²) in [5.74, 6) is 0.648. The molecule has 6 heavy (non-hydrogen) atoms. The van der Waals surface area contributed by atoms with Crippen LogP contribution in [0.4, 0.5) is 0 Å². The summed E-state index contributed by atoms with van der Waals surface area (Å²) in [6.07, 6.45) is 0.706. The van der Waals surface area contributed by atoms with Crippen LogP contribution in [0.2, 0.25) is 5.82 Å². The van der Waals surface area contributed by atoms with Crippen molar-refractivity contribution < 1.29 is 0 Å². The summed E-state index contributed by atoms with van der Waals surface area (Å²) in [4.78, 5) is 0. The van der Waals surface area contributed by atoms with Gasteiger partial charge in [-0.1, -0.05) is 19.7 Å². The summed E-state index contributed by atoms with van der Waals surface area (Å²) < 4.78 is 0. The van der Waals surface area contributed by atoms with E-state index < -0.39 is 0 Å². The van der Waals surface area contributed by atoms with Gasteiger partial charge in [0.1, 0.15) is 7.28 Å². The molecule has 0 fully saturated rings. The fourth-order valence-electron chi connectivity index (χ4n) is 0.272. The first-order valence-corrected chi connectivity index (χ1v) is 2.30. The second kappa shape index (κ2) is 3.22. The van der Waals surface area contributed by atoms with E-state index in [0.717, 1.165) is 0 Å². The predicted octanol–water partition coefficient (Wildman–Crippen LogP) is 0.435. The van der Waals surface area contributed by atoms with Crippen LogP contribution in [0.25, 0.3) is 0 Å². The maximum Gasteiger partial charge on any atom is 0.131 e. The topological polar surface area (TPSA) is 26.0 Å². The normalized spacial score (nSPS) is 9.33. The Kier molecular flexibility index (Phi) is 3.24. The van der Waals surface area contributed by atoms with E-state index in [2.05, 4.69) is 21.1 Å². The number of hydrogen-bond acceptors (Lipinski definition) is 1. The molecule has 0 aromatic heterocycles. The van der Waals surface area contributed by atoms with Crippen LogP contribution in [0.5, 0.6) is 0 Å². The van der Waals surface area contributed by atoms with Crippen LogP contribution in [0.15, 0.2) is 0 Å². The Morgan fingerprint density at radius 1 is 1.67 bits per heavy atom. The molecule has 0 rings (SSSR count). The summed E-state index contributed by atoms with van der Waals surface area (Å²) in [6, 6.07) is 0. The van der Waals surface area contributed by atoms with Gasteiger partial charge in [-0.25, -0.2) is 0 Å².